The highest BCUT2D eigenvalue weighted by atomic mass is 19.1. The number of hydrogen-bond donors (Lipinski definition) is 1. The predicted octanol–water partition coefficient (Wildman–Crippen LogP) is 4.31. The molecule has 2 atom stereocenters. The van der Waals surface area contributed by atoms with Crippen LogP contribution in [0.3, 0.4) is 0 Å². The molecule has 108 valence electrons. The lowest BCUT2D eigenvalue weighted by Crippen LogP contribution is -2.35. The van der Waals surface area contributed by atoms with E-state index in [0.717, 1.165) is 24.5 Å². The number of rotatable bonds is 8. The van der Waals surface area contributed by atoms with Crippen LogP contribution in [0.15, 0.2) is 18.2 Å². The van der Waals surface area contributed by atoms with Crippen LogP contribution in [-0.2, 0) is 6.42 Å². The Labute approximate surface area is 115 Å². The summed E-state index contributed by atoms with van der Waals surface area (Å²) in [7, 11) is 1.93. The first-order valence-corrected chi connectivity index (χ1v) is 7.22. The SMILES string of the molecule is CCCCC(CC)C(Cc1cc(F)cc(F)c1)NC. The fourth-order valence-electron chi connectivity index (χ4n) is 2.64. The molecule has 0 radical (unpaired) electrons. The molecule has 19 heavy (non-hydrogen) atoms. The standard InChI is InChI=1S/C16H25F2N/c1-4-6-7-13(5-2)16(19-3)10-12-8-14(17)11-15(18)9-12/h8-9,11,13,16,19H,4-7,10H2,1-3H3. The van der Waals surface area contributed by atoms with E-state index < -0.39 is 11.6 Å². The smallest absolute Gasteiger partial charge is 0.126 e. The Hall–Kier alpha value is -0.960. The van der Waals surface area contributed by atoms with Crippen molar-refractivity contribution in [3.05, 3.63) is 35.4 Å². The first-order valence-electron chi connectivity index (χ1n) is 7.22. The van der Waals surface area contributed by atoms with Crippen LogP contribution in [0.25, 0.3) is 0 Å². The van der Waals surface area contributed by atoms with Crippen molar-refractivity contribution in [3.8, 4) is 0 Å². The Balaban J connectivity index is 2.73. The molecule has 1 aromatic rings. The summed E-state index contributed by atoms with van der Waals surface area (Å²) in [5.74, 6) is -0.436. The zero-order valence-electron chi connectivity index (χ0n) is 12.2. The van der Waals surface area contributed by atoms with E-state index in [-0.39, 0.29) is 6.04 Å². The van der Waals surface area contributed by atoms with Crippen molar-refractivity contribution in [1.82, 2.24) is 5.32 Å². The van der Waals surface area contributed by atoms with Crippen molar-refractivity contribution in [3.63, 3.8) is 0 Å². The molecule has 0 aliphatic heterocycles. The maximum Gasteiger partial charge on any atom is 0.126 e. The third kappa shape index (κ3) is 5.27. The molecule has 1 aromatic carbocycles. The Morgan fingerprint density at radius 3 is 2.21 bits per heavy atom. The number of benzene rings is 1. The van der Waals surface area contributed by atoms with Crippen molar-refractivity contribution < 1.29 is 8.78 Å². The highest BCUT2D eigenvalue weighted by Gasteiger charge is 2.18. The molecule has 2 unspecified atom stereocenters. The molecule has 3 heteroatoms. The van der Waals surface area contributed by atoms with E-state index in [1.54, 1.807) is 0 Å². The van der Waals surface area contributed by atoms with Gasteiger partial charge >= 0.3 is 0 Å². The Morgan fingerprint density at radius 2 is 1.74 bits per heavy atom. The molecular weight excluding hydrogens is 244 g/mol. The maximum absolute atomic E-state index is 13.2. The van der Waals surface area contributed by atoms with Crippen LogP contribution in [0.2, 0.25) is 0 Å². The van der Waals surface area contributed by atoms with Crippen LogP contribution in [-0.4, -0.2) is 13.1 Å². The molecule has 0 bridgehead atoms. The van der Waals surface area contributed by atoms with Gasteiger partial charge in [0.25, 0.3) is 0 Å². The van der Waals surface area contributed by atoms with Gasteiger partial charge in [0.05, 0.1) is 0 Å². The average molecular weight is 269 g/mol. The summed E-state index contributed by atoms with van der Waals surface area (Å²) < 4.78 is 26.4. The normalized spacial score (nSPS) is 14.4. The van der Waals surface area contributed by atoms with Crippen LogP contribution in [0.4, 0.5) is 8.78 Å². The van der Waals surface area contributed by atoms with Crippen molar-refractivity contribution in [2.45, 2.75) is 52.0 Å². The lowest BCUT2D eigenvalue weighted by atomic mass is 9.87. The minimum atomic E-state index is -0.494. The lowest BCUT2D eigenvalue weighted by Gasteiger charge is -2.26. The van der Waals surface area contributed by atoms with E-state index in [0.29, 0.717) is 12.3 Å². The second-order valence-electron chi connectivity index (χ2n) is 5.19. The zero-order chi connectivity index (χ0) is 14.3. The van der Waals surface area contributed by atoms with Gasteiger partial charge in [-0.1, -0.05) is 33.1 Å². The summed E-state index contributed by atoms with van der Waals surface area (Å²) in [6.45, 7) is 4.36. The molecule has 0 aliphatic carbocycles. The third-order valence-corrected chi connectivity index (χ3v) is 3.77. The number of halogens is 2. The van der Waals surface area contributed by atoms with Gasteiger partial charge in [-0.2, -0.15) is 0 Å². The second-order valence-corrected chi connectivity index (χ2v) is 5.19. The van der Waals surface area contributed by atoms with Gasteiger partial charge in [-0.15, -0.1) is 0 Å². The summed E-state index contributed by atoms with van der Waals surface area (Å²) in [5, 5.41) is 3.30. The molecule has 0 saturated heterocycles. The molecule has 0 aliphatic rings. The number of likely N-dealkylation sites (N-methyl/N-ethyl adjacent to an activating group) is 1. The molecule has 0 fully saturated rings. The summed E-state index contributed by atoms with van der Waals surface area (Å²) in [4.78, 5) is 0. The minimum absolute atomic E-state index is 0.276. The molecule has 1 rings (SSSR count). The van der Waals surface area contributed by atoms with Gasteiger partial charge in [0.15, 0.2) is 0 Å². The van der Waals surface area contributed by atoms with Crippen molar-refractivity contribution in [1.29, 1.82) is 0 Å². The van der Waals surface area contributed by atoms with Gasteiger partial charge in [-0.25, -0.2) is 8.78 Å². The largest absolute Gasteiger partial charge is 0.316 e. The number of unbranched alkanes of at least 4 members (excludes halogenated alkanes) is 1. The first kappa shape index (κ1) is 16.1. The lowest BCUT2D eigenvalue weighted by molar-refractivity contribution is 0.330. The fourth-order valence-corrected chi connectivity index (χ4v) is 2.64. The van der Waals surface area contributed by atoms with Crippen LogP contribution < -0.4 is 5.32 Å². The van der Waals surface area contributed by atoms with Crippen LogP contribution in [0.5, 0.6) is 0 Å². The quantitative estimate of drug-likeness (QED) is 0.741. The summed E-state index contributed by atoms with van der Waals surface area (Å²) in [6, 6.07) is 4.06. The van der Waals surface area contributed by atoms with Gasteiger partial charge < -0.3 is 5.32 Å². The number of hydrogen-bond acceptors (Lipinski definition) is 1. The summed E-state index contributed by atoms with van der Waals surface area (Å²) in [5.41, 5.74) is 0.729. The van der Waals surface area contributed by atoms with Gasteiger partial charge in [0.2, 0.25) is 0 Å². The molecular formula is C16H25F2N. The van der Waals surface area contributed by atoms with Gasteiger partial charge in [-0.3, -0.25) is 0 Å². The first-order chi connectivity index (χ1) is 9.10. The molecule has 0 amide bonds. The molecule has 0 saturated carbocycles. The highest BCUT2D eigenvalue weighted by molar-refractivity contribution is 5.19. The third-order valence-electron chi connectivity index (χ3n) is 3.77. The molecule has 0 spiro atoms. The van der Waals surface area contributed by atoms with Gasteiger partial charge in [-0.05, 0) is 43.5 Å². The van der Waals surface area contributed by atoms with Crippen molar-refractivity contribution >= 4 is 0 Å². The maximum atomic E-state index is 13.2. The topological polar surface area (TPSA) is 12.0 Å². The Morgan fingerprint density at radius 1 is 1.11 bits per heavy atom. The molecule has 1 nitrogen and oxygen atoms in total. The Kier molecular flexibility index (Phi) is 7.00. The summed E-state index contributed by atoms with van der Waals surface area (Å²) >= 11 is 0. The number of nitrogens with one attached hydrogen (secondary N) is 1. The van der Waals surface area contributed by atoms with E-state index in [4.69, 9.17) is 0 Å². The summed E-state index contributed by atoms with van der Waals surface area (Å²) in [6.07, 6.45) is 5.31. The predicted molar refractivity (Wildman–Crippen MR) is 76.2 cm³/mol. The van der Waals surface area contributed by atoms with Crippen LogP contribution in [0, 0.1) is 17.6 Å². The van der Waals surface area contributed by atoms with Gasteiger partial charge in [0.1, 0.15) is 11.6 Å². The van der Waals surface area contributed by atoms with E-state index in [9.17, 15) is 8.78 Å². The van der Waals surface area contributed by atoms with E-state index >= 15 is 0 Å². The van der Waals surface area contributed by atoms with Crippen LogP contribution >= 0.6 is 0 Å². The second kappa shape index (κ2) is 8.26. The fraction of sp³-hybridized carbons (Fsp3) is 0.625. The van der Waals surface area contributed by atoms with E-state index in [2.05, 4.69) is 19.2 Å². The highest BCUT2D eigenvalue weighted by Crippen LogP contribution is 2.21. The molecule has 1 N–H and O–H groups in total. The van der Waals surface area contributed by atoms with Gasteiger partial charge in [0, 0.05) is 12.1 Å². The molecule has 0 heterocycles. The van der Waals surface area contributed by atoms with E-state index in [1.165, 1.54) is 25.0 Å². The zero-order valence-corrected chi connectivity index (χ0v) is 12.2. The monoisotopic (exact) mass is 269 g/mol. The van der Waals surface area contributed by atoms with Crippen molar-refractivity contribution in [2.75, 3.05) is 7.05 Å². The minimum Gasteiger partial charge on any atom is -0.316 e. The van der Waals surface area contributed by atoms with E-state index in [1.807, 2.05) is 7.05 Å². The molecule has 0 aromatic heterocycles. The van der Waals surface area contributed by atoms with Crippen molar-refractivity contribution in [2.24, 2.45) is 5.92 Å². The average Bonchev–Trinajstić information content (AvgIpc) is 2.36. The Bertz CT molecular complexity index is 359. The van der Waals surface area contributed by atoms with Crippen LogP contribution in [0.1, 0.15) is 45.1 Å².